The molecule has 0 radical (unpaired) electrons. The van der Waals surface area contributed by atoms with Crippen LogP contribution in [0.3, 0.4) is 0 Å². The van der Waals surface area contributed by atoms with Crippen molar-refractivity contribution in [1.29, 1.82) is 0 Å². The van der Waals surface area contributed by atoms with Crippen LogP contribution in [0.25, 0.3) is 0 Å². The maximum Gasteiger partial charge on any atom is 0.305 e. The summed E-state index contributed by atoms with van der Waals surface area (Å²) < 4.78 is 5.87. The lowest BCUT2D eigenvalue weighted by Crippen LogP contribution is -2.54. The molecule has 0 amide bonds. The zero-order chi connectivity index (χ0) is 17.8. The van der Waals surface area contributed by atoms with Gasteiger partial charge in [-0.05, 0) is 74.0 Å². The van der Waals surface area contributed by atoms with E-state index in [1.807, 2.05) is 6.92 Å². The number of hydrogen-bond donors (Lipinski definition) is 0. The second-order valence-electron chi connectivity index (χ2n) is 9.85. The van der Waals surface area contributed by atoms with Gasteiger partial charge >= 0.3 is 5.97 Å². The van der Waals surface area contributed by atoms with Gasteiger partial charge in [0.2, 0.25) is 0 Å². The van der Waals surface area contributed by atoms with Crippen LogP contribution in [0.4, 0.5) is 0 Å². The average Bonchev–Trinajstić information content (AvgIpc) is 2.92. The third-order valence-corrected chi connectivity index (χ3v) is 8.96. The van der Waals surface area contributed by atoms with Crippen molar-refractivity contribution in [2.45, 2.75) is 91.1 Å². The van der Waals surface area contributed by atoms with Crippen LogP contribution in [-0.2, 0) is 14.3 Å². The number of carbonyl (C=O) groups is 2. The zero-order valence-corrected chi connectivity index (χ0v) is 16.2. The number of Topliss-reactive ketones (excluding diaryl/α,β-unsaturated/α-hetero) is 1. The molecule has 25 heavy (non-hydrogen) atoms. The summed E-state index contributed by atoms with van der Waals surface area (Å²) in [4.78, 5) is 23.9. The normalized spacial score (nSPS) is 49.1. The molecule has 140 valence electrons. The Kier molecular flexibility index (Phi) is 4.28. The number of rotatable bonds is 2. The molecule has 0 aromatic heterocycles. The summed E-state index contributed by atoms with van der Waals surface area (Å²) in [6, 6.07) is 0. The lowest BCUT2D eigenvalue weighted by Gasteiger charge is -2.60. The van der Waals surface area contributed by atoms with Gasteiger partial charge in [0.25, 0.3) is 0 Å². The van der Waals surface area contributed by atoms with Crippen molar-refractivity contribution < 1.29 is 14.3 Å². The van der Waals surface area contributed by atoms with E-state index in [0.29, 0.717) is 29.5 Å². The first-order chi connectivity index (χ1) is 11.9. The first-order valence-corrected chi connectivity index (χ1v) is 10.6. The SMILES string of the molecule is CCC(=O)O[C@H]1CC[C@@H]2[C@H]3CC[C@H]4CC(=O)CC[C@]4(C)[C@@H]3CC[C@@]12C. The molecule has 4 saturated carbocycles. The van der Waals surface area contributed by atoms with Gasteiger partial charge in [-0.3, -0.25) is 9.59 Å². The van der Waals surface area contributed by atoms with Crippen molar-refractivity contribution in [3.63, 3.8) is 0 Å². The number of hydrogen-bond acceptors (Lipinski definition) is 3. The summed E-state index contributed by atoms with van der Waals surface area (Å²) in [7, 11) is 0. The highest BCUT2D eigenvalue weighted by Gasteiger charge is 2.61. The predicted octanol–water partition coefficient (Wildman–Crippen LogP) is 4.92. The monoisotopic (exact) mass is 346 g/mol. The van der Waals surface area contributed by atoms with E-state index in [4.69, 9.17) is 4.74 Å². The third kappa shape index (κ3) is 2.59. The van der Waals surface area contributed by atoms with Gasteiger partial charge in [0, 0.05) is 24.7 Å². The molecule has 3 heteroatoms. The Morgan fingerprint density at radius 1 is 1.04 bits per heavy atom. The molecular weight excluding hydrogens is 312 g/mol. The van der Waals surface area contributed by atoms with Crippen molar-refractivity contribution in [1.82, 2.24) is 0 Å². The van der Waals surface area contributed by atoms with Crippen LogP contribution < -0.4 is 0 Å². The zero-order valence-electron chi connectivity index (χ0n) is 16.2. The minimum absolute atomic E-state index is 0.0320. The molecular formula is C22H34O3. The van der Waals surface area contributed by atoms with Crippen LogP contribution in [-0.4, -0.2) is 17.9 Å². The maximum absolute atomic E-state index is 12.0. The Bertz CT molecular complexity index is 570. The summed E-state index contributed by atoms with van der Waals surface area (Å²) in [6.45, 7) is 6.78. The van der Waals surface area contributed by atoms with Crippen LogP contribution in [0, 0.1) is 34.5 Å². The molecule has 3 nitrogen and oxygen atoms in total. The first kappa shape index (κ1) is 17.5. The van der Waals surface area contributed by atoms with E-state index in [1.165, 1.54) is 32.1 Å². The van der Waals surface area contributed by atoms with Gasteiger partial charge in [-0.1, -0.05) is 20.8 Å². The average molecular weight is 347 g/mol. The Labute approximate surface area is 152 Å². The lowest BCUT2D eigenvalue weighted by atomic mass is 9.45. The van der Waals surface area contributed by atoms with Crippen LogP contribution >= 0.6 is 0 Å². The Balaban J connectivity index is 1.56. The standard InChI is InChI=1S/C22H34O3/c1-4-20(24)25-19-8-7-17-16-6-5-14-13-15(23)9-11-21(14,2)18(16)10-12-22(17,19)3/h14,16-19H,4-13H2,1-3H3/t14-,16+,17+,18+,19-,21-,22+/m0/s1. The fourth-order valence-corrected chi connectivity index (χ4v) is 7.43. The van der Waals surface area contributed by atoms with Gasteiger partial charge in [0.05, 0.1) is 0 Å². The second-order valence-corrected chi connectivity index (χ2v) is 9.85. The summed E-state index contributed by atoms with van der Waals surface area (Å²) in [5.74, 6) is 3.34. The molecule has 0 aliphatic heterocycles. The molecule has 0 spiro atoms. The second kappa shape index (κ2) is 6.09. The third-order valence-electron chi connectivity index (χ3n) is 8.96. The smallest absolute Gasteiger partial charge is 0.305 e. The fourth-order valence-electron chi connectivity index (χ4n) is 7.43. The molecule has 4 rings (SSSR count). The number of carbonyl (C=O) groups excluding carboxylic acids is 2. The van der Waals surface area contributed by atoms with Gasteiger partial charge in [-0.15, -0.1) is 0 Å². The predicted molar refractivity (Wildman–Crippen MR) is 96.9 cm³/mol. The molecule has 0 N–H and O–H groups in total. The van der Waals surface area contributed by atoms with Crippen molar-refractivity contribution in [2.75, 3.05) is 0 Å². The Hall–Kier alpha value is -0.860. The molecule has 0 saturated heterocycles. The van der Waals surface area contributed by atoms with Gasteiger partial charge in [-0.2, -0.15) is 0 Å². The van der Waals surface area contributed by atoms with E-state index in [1.54, 1.807) is 0 Å². The number of esters is 1. The Morgan fingerprint density at radius 2 is 1.80 bits per heavy atom. The highest BCUT2D eigenvalue weighted by atomic mass is 16.5. The number of fused-ring (bicyclic) bond motifs is 5. The van der Waals surface area contributed by atoms with Crippen LogP contribution in [0.15, 0.2) is 0 Å². The van der Waals surface area contributed by atoms with Crippen molar-refractivity contribution in [3.8, 4) is 0 Å². The molecule has 4 aliphatic rings. The van der Waals surface area contributed by atoms with E-state index in [9.17, 15) is 9.59 Å². The van der Waals surface area contributed by atoms with Crippen LogP contribution in [0.5, 0.6) is 0 Å². The molecule has 0 aromatic rings. The van der Waals surface area contributed by atoms with Crippen LogP contribution in [0.2, 0.25) is 0 Å². The lowest BCUT2D eigenvalue weighted by molar-refractivity contribution is -0.163. The van der Waals surface area contributed by atoms with Crippen molar-refractivity contribution >= 4 is 11.8 Å². The van der Waals surface area contributed by atoms with Gasteiger partial charge in [-0.25, -0.2) is 0 Å². The van der Waals surface area contributed by atoms with Gasteiger partial charge in [0.15, 0.2) is 0 Å². The van der Waals surface area contributed by atoms with Crippen molar-refractivity contribution in [2.24, 2.45) is 34.5 Å². The summed E-state index contributed by atoms with van der Waals surface area (Å²) in [6.07, 6.45) is 10.6. The minimum atomic E-state index is -0.0320. The van der Waals surface area contributed by atoms with E-state index >= 15 is 0 Å². The highest BCUT2D eigenvalue weighted by molar-refractivity contribution is 5.79. The summed E-state index contributed by atoms with van der Waals surface area (Å²) in [5, 5.41) is 0. The molecule has 0 unspecified atom stereocenters. The molecule has 7 atom stereocenters. The fraction of sp³-hybridized carbons (Fsp3) is 0.909. The first-order valence-electron chi connectivity index (χ1n) is 10.6. The molecule has 0 aromatic carbocycles. The highest BCUT2D eigenvalue weighted by Crippen LogP contribution is 2.66. The quantitative estimate of drug-likeness (QED) is 0.667. The minimum Gasteiger partial charge on any atom is -0.462 e. The van der Waals surface area contributed by atoms with E-state index in [-0.39, 0.29) is 17.5 Å². The molecule has 4 fully saturated rings. The largest absolute Gasteiger partial charge is 0.462 e. The summed E-state index contributed by atoms with van der Waals surface area (Å²) in [5.41, 5.74) is 0.552. The molecule has 4 aliphatic carbocycles. The summed E-state index contributed by atoms with van der Waals surface area (Å²) >= 11 is 0. The van der Waals surface area contributed by atoms with Crippen molar-refractivity contribution in [3.05, 3.63) is 0 Å². The molecule has 0 bridgehead atoms. The number of ether oxygens (including phenoxy) is 1. The topological polar surface area (TPSA) is 43.4 Å². The van der Waals surface area contributed by atoms with Gasteiger partial charge < -0.3 is 4.74 Å². The number of ketones is 1. The van der Waals surface area contributed by atoms with E-state index < -0.39 is 0 Å². The van der Waals surface area contributed by atoms with E-state index in [0.717, 1.165) is 37.5 Å². The maximum atomic E-state index is 12.0. The van der Waals surface area contributed by atoms with E-state index in [2.05, 4.69) is 13.8 Å². The molecule has 0 heterocycles. The Morgan fingerprint density at radius 3 is 2.56 bits per heavy atom. The van der Waals surface area contributed by atoms with Crippen LogP contribution in [0.1, 0.15) is 85.0 Å². The van der Waals surface area contributed by atoms with Gasteiger partial charge in [0.1, 0.15) is 11.9 Å².